The number of hydroxylamine groups is 2. The molecule has 117 valence electrons. The first-order valence-corrected chi connectivity index (χ1v) is 8.20. The van der Waals surface area contributed by atoms with Gasteiger partial charge in [-0.15, -0.1) is 10.3 Å². The van der Waals surface area contributed by atoms with E-state index in [0.29, 0.717) is 19.4 Å². The van der Waals surface area contributed by atoms with Gasteiger partial charge in [0, 0.05) is 11.1 Å². The van der Waals surface area contributed by atoms with Gasteiger partial charge in [-0.05, 0) is 47.5 Å². The third-order valence-electron chi connectivity index (χ3n) is 3.56. The minimum absolute atomic E-state index is 0.0286. The summed E-state index contributed by atoms with van der Waals surface area (Å²) in [5, 5.41) is 13.4. The number of piperidine rings is 1. The van der Waals surface area contributed by atoms with Crippen molar-refractivity contribution < 1.29 is 19.5 Å². The zero-order valence-corrected chi connectivity index (χ0v) is 15.1. The first kappa shape index (κ1) is 18.1. The highest BCUT2D eigenvalue weighted by atomic mass is 127. The molecule has 6 heteroatoms. The zero-order chi connectivity index (χ0) is 15.6. The second kappa shape index (κ2) is 6.89. The number of alkyl halides is 1. The van der Waals surface area contributed by atoms with Crippen molar-refractivity contribution in [2.45, 2.75) is 68.6 Å². The first-order valence-electron chi connectivity index (χ1n) is 6.96. The molecular formula is C14H25INO4. The Kier molecular flexibility index (Phi) is 6.25. The van der Waals surface area contributed by atoms with E-state index >= 15 is 0 Å². The number of esters is 1. The SMILES string of the molecule is CC(I)C(=O)OCCOC1CC(C)(C)N([O])C(C)(C)C1. The third kappa shape index (κ3) is 4.82. The van der Waals surface area contributed by atoms with Crippen LogP contribution in [-0.4, -0.2) is 45.4 Å². The maximum Gasteiger partial charge on any atom is 0.318 e. The van der Waals surface area contributed by atoms with E-state index in [4.69, 9.17) is 9.47 Å². The van der Waals surface area contributed by atoms with Gasteiger partial charge in [0.2, 0.25) is 0 Å². The quantitative estimate of drug-likeness (QED) is 0.309. The summed E-state index contributed by atoms with van der Waals surface area (Å²) in [7, 11) is 0. The van der Waals surface area contributed by atoms with E-state index in [-0.39, 0.29) is 22.6 Å². The Balaban J connectivity index is 2.40. The largest absolute Gasteiger partial charge is 0.462 e. The van der Waals surface area contributed by atoms with Gasteiger partial charge in [-0.2, -0.15) is 0 Å². The molecule has 0 aromatic heterocycles. The molecule has 1 fully saturated rings. The Bertz CT molecular complexity index is 326. The summed E-state index contributed by atoms with van der Waals surface area (Å²) in [6, 6.07) is 0. The molecule has 1 rings (SSSR count). The number of nitrogens with zero attached hydrogens (tertiary/aromatic N) is 1. The van der Waals surface area contributed by atoms with Gasteiger partial charge in [0.05, 0.1) is 12.7 Å². The summed E-state index contributed by atoms with van der Waals surface area (Å²) in [4.78, 5) is 11.3. The molecule has 1 atom stereocenters. The average Bonchev–Trinajstić information content (AvgIpc) is 2.30. The molecule has 0 N–H and O–H groups in total. The van der Waals surface area contributed by atoms with Crippen molar-refractivity contribution >= 4 is 28.6 Å². The number of halogens is 1. The lowest BCUT2D eigenvalue weighted by Crippen LogP contribution is -2.59. The molecule has 0 saturated carbocycles. The highest BCUT2D eigenvalue weighted by molar-refractivity contribution is 14.1. The Morgan fingerprint density at radius 2 is 1.75 bits per heavy atom. The number of hydrogen-bond acceptors (Lipinski definition) is 4. The molecular weight excluding hydrogens is 373 g/mol. The second-order valence-electron chi connectivity index (χ2n) is 6.60. The summed E-state index contributed by atoms with van der Waals surface area (Å²) >= 11 is 2.02. The van der Waals surface area contributed by atoms with E-state index in [1.54, 1.807) is 6.92 Å². The lowest BCUT2D eigenvalue weighted by molar-refractivity contribution is -0.301. The van der Waals surface area contributed by atoms with Crippen molar-refractivity contribution in [2.75, 3.05) is 13.2 Å². The van der Waals surface area contributed by atoms with Crippen LogP contribution >= 0.6 is 22.6 Å². The molecule has 5 nitrogen and oxygen atoms in total. The molecule has 20 heavy (non-hydrogen) atoms. The number of hydrogen-bond donors (Lipinski definition) is 0. The normalized spacial score (nSPS) is 24.4. The molecule has 1 heterocycles. The van der Waals surface area contributed by atoms with E-state index in [2.05, 4.69) is 0 Å². The maximum atomic E-state index is 12.2. The van der Waals surface area contributed by atoms with Gasteiger partial charge in [-0.25, -0.2) is 0 Å². The van der Waals surface area contributed by atoms with Crippen LogP contribution < -0.4 is 0 Å². The van der Waals surface area contributed by atoms with Crippen LogP contribution in [0.4, 0.5) is 0 Å². The fourth-order valence-corrected chi connectivity index (χ4v) is 2.94. The molecule has 0 aliphatic carbocycles. The third-order valence-corrected chi connectivity index (χ3v) is 4.07. The summed E-state index contributed by atoms with van der Waals surface area (Å²) in [5.74, 6) is -0.218. The van der Waals surface area contributed by atoms with Crippen LogP contribution in [0, 0.1) is 0 Å². The predicted octanol–water partition coefficient (Wildman–Crippen LogP) is 2.74. The standard InChI is InChI=1S/C14H25INO4/c1-10(15)12(17)20-7-6-19-11-8-13(2,3)16(18)14(4,5)9-11/h10-11H,6-9H2,1-5H3. The Morgan fingerprint density at radius 1 is 1.25 bits per heavy atom. The molecule has 0 aromatic rings. The molecule has 0 aromatic carbocycles. The van der Waals surface area contributed by atoms with Crippen molar-refractivity contribution in [3.05, 3.63) is 0 Å². The van der Waals surface area contributed by atoms with Crippen molar-refractivity contribution in [1.82, 2.24) is 5.06 Å². The zero-order valence-electron chi connectivity index (χ0n) is 12.9. The fourth-order valence-electron chi connectivity index (χ4n) is 2.76. The Morgan fingerprint density at radius 3 is 2.20 bits per heavy atom. The van der Waals surface area contributed by atoms with E-state index in [9.17, 15) is 10.0 Å². The number of rotatable bonds is 5. The van der Waals surface area contributed by atoms with Crippen LogP contribution in [0.5, 0.6) is 0 Å². The van der Waals surface area contributed by atoms with Gasteiger partial charge < -0.3 is 9.47 Å². The minimum atomic E-state index is -0.431. The predicted molar refractivity (Wildman–Crippen MR) is 84.1 cm³/mol. The topological polar surface area (TPSA) is 58.7 Å². The van der Waals surface area contributed by atoms with Crippen LogP contribution in [0.2, 0.25) is 0 Å². The van der Waals surface area contributed by atoms with Gasteiger partial charge >= 0.3 is 5.97 Å². The van der Waals surface area contributed by atoms with E-state index < -0.39 is 11.1 Å². The summed E-state index contributed by atoms with van der Waals surface area (Å²) in [5.41, 5.74) is -0.861. The molecule has 1 saturated heterocycles. The van der Waals surface area contributed by atoms with E-state index in [1.807, 2.05) is 50.3 Å². The summed E-state index contributed by atoms with van der Waals surface area (Å²) in [6.07, 6.45) is 1.41. The minimum Gasteiger partial charge on any atom is -0.462 e. The van der Waals surface area contributed by atoms with Crippen LogP contribution in [-0.2, 0) is 19.5 Å². The monoisotopic (exact) mass is 398 g/mol. The number of ether oxygens (including phenoxy) is 2. The van der Waals surface area contributed by atoms with Crippen LogP contribution in [0.15, 0.2) is 0 Å². The smallest absolute Gasteiger partial charge is 0.318 e. The lowest BCUT2D eigenvalue weighted by atomic mass is 9.80. The van der Waals surface area contributed by atoms with Crippen molar-refractivity contribution in [2.24, 2.45) is 0 Å². The van der Waals surface area contributed by atoms with Crippen LogP contribution in [0.1, 0.15) is 47.5 Å². The van der Waals surface area contributed by atoms with Gasteiger partial charge in [-0.1, -0.05) is 22.6 Å². The maximum absolute atomic E-state index is 12.2. The summed E-state index contributed by atoms with van der Waals surface area (Å²) in [6.45, 7) is 10.2. The molecule has 1 aliphatic rings. The van der Waals surface area contributed by atoms with Gasteiger partial charge in [0.25, 0.3) is 0 Å². The van der Waals surface area contributed by atoms with Gasteiger partial charge in [0.1, 0.15) is 10.5 Å². The first-order chi connectivity index (χ1) is 9.06. The van der Waals surface area contributed by atoms with E-state index in [0.717, 1.165) is 0 Å². The molecule has 0 amide bonds. The lowest BCUT2D eigenvalue weighted by Gasteiger charge is -2.49. The molecule has 0 spiro atoms. The van der Waals surface area contributed by atoms with Gasteiger partial charge in [0.15, 0.2) is 0 Å². The highest BCUT2D eigenvalue weighted by Crippen LogP contribution is 2.38. The number of carbonyl (C=O) groups excluding carboxylic acids is 1. The Hall–Kier alpha value is 0.0800. The Labute approximate surface area is 135 Å². The fraction of sp³-hybridized carbons (Fsp3) is 0.929. The van der Waals surface area contributed by atoms with Crippen LogP contribution in [0.25, 0.3) is 0 Å². The average molecular weight is 398 g/mol. The van der Waals surface area contributed by atoms with Crippen LogP contribution in [0.3, 0.4) is 0 Å². The van der Waals surface area contributed by atoms with Crippen molar-refractivity contribution in [3.8, 4) is 0 Å². The van der Waals surface area contributed by atoms with Crippen molar-refractivity contribution in [3.63, 3.8) is 0 Å². The molecule has 0 bridgehead atoms. The molecule has 1 unspecified atom stereocenters. The van der Waals surface area contributed by atoms with E-state index in [1.165, 1.54) is 5.06 Å². The second-order valence-corrected chi connectivity index (χ2v) is 8.47. The highest BCUT2D eigenvalue weighted by Gasteiger charge is 2.46. The van der Waals surface area contributed by atoms with Crippen molar-refractivity contribution in [1.29, 1.82) is 0 Å². The van der Waals surface area contributed by atoms with Gasteiger partial charge in [-0.3, -0.25) is 4.79 Å². The molecule has 1 aliphatic heterocycles. The summed E-state index contributed by atoms with van der Waals surface area (Å²) < 4.78 is 10.7. The molecule has 1 radical (unpaired) electrons. The number of carbonyl (C=O) groups is 1.